The van der Waals surface area contributed by atoms with Crippen LogP contribution < -0.4 is 0 Å². The lowest BCUT2D eigenvalue weighted by Crippen LogP contribution is -2.37. The number of carbonyl (C=O) groups excluding carboxylic acids is 2. The second-order valence-corrected chi connectivity index (χ2v) is 6.04. The van der Waals surface area contributed by atoms with Gasteiger partial charge in [-0.15, -0.1) is 6.58 Å². The number of esters is 1. The fourth-order valence-corrected chi connectivity index (χ4v) is 2.66. The highest BCUT2D eigenvalue weighted by Gasteiger charge is 2.33. The van der Waals surface area contributed by atoms with Crippen LogP contribution in [-0.4, -0.2) is 42.1 Å². The summed E-state index contributed by atoms with van der Waals surface area (Å²) in [7, 11) is 0. The van der Waals surface area contributed by atoms with Gasteiger partial charge in [0, 0.05) is 12.6 Å². The van der Waals surface area contributed by atoms with Crippen molar-refractivity contribution in [3.63, 3.8) is 0 Å². The Kier molecular flexibility index (Phi) is 6.15. The summed E-state index contributed by atoms with van der Waals surface area (Å²) in [6.45, 7) is 5.73. The van der Waals surface area contributed by atoms with E-state index in [9.17, 15) is 9.59 Å². The van der Waals surface area contributed by atoms with Crippen LogP contribution >= 0.6 is 11.3 Å². The summed E-state index contributed by atoms with van der Waals surface area (Å²) < 4.78 is 10.2. The van der Waals surface area contributed by atoms with Crippen molar-refractivity contribution in [3.8, 4) is 0 Å². The maximum absolute atomic E-state index is 12.3. The lowest BCUT2D eigenvalue weighted by Gasteiger charge is -2.22. The molecule has 1 aliphatic rings. The molecular weight excluding hydrogens is 302 g/mol. The minimum atomic E-state index is -0.697. The Labute approximate surface area is 134 Å². The van der Waals surface area contributed by atoms with Crippen LogP contribution in [0.2, 0.25) is 0 Å². The number of ether oxygens (including phenoxy) is 2. The first-order chi connectivity index (χ1) is 10.6. The van der Waals surface area contributed by atoms with Gasteiger partial charge in [-0.05, 0) is 42.2 Å². The van der Waals surface area contributed by atoms with Crippen LogP contribution in [0.4, 0.5) is 0 Å². The number of nitrogens with zero attached hydrogens (tertiary/aromatic N) is 1. The van der Waals surface area contributed by atoms with Gasteiger partial charge in [0.15, 0.2) is 12.7 Å². The second kappa shape index (κ2) is 8.10. The highest BCUT2D eigenvalue weighted by Crippen LogP contribution is 2.28. The number of hydrogen-bond acceptors (Lipinski definition) is 5. The summed E-state index contributed by atoms with van der Waals surface area (Å²) in [6, 6.07) is 2.28. The van der Waals surface area contributed by atoms with Gasteiger partial charge in [-0.2, -0.15) is 11.3 Å². The van der Waals surface area contributed by atoms with E-state index in [4.69, 9.17) is 9.47 Å². The Hall–Kier alpha value is -1.66. The minimum Gasteiger partial charge on any atom is -0.454 e. The van der Waals surface area contributed by atoms with Crippen LogP contribution in [0.15, 0.2) is 29.5 Å². The lowest BCUT2D eigenvalue weighted by molar-refractivity contribution is -0.161. The molecule has 1 saturated carbocycles. The number of amides is 1. The lowest BCUT2D eigenvalue weighted by atomic mass is 10.3. The van der Waals surface area contributed by atoms with Gasteiger partial charge in [-0.25, -0.2) is 4.79 Å². The summed E-state index contributed by atoms with van der Waals surface area (Å²) in [5.74, 6) is -0.681. The molecule has 1 aromatic heterocycles. The summed E-state index contributed by atoms with van der Waals surface area (Å²) in [6.07, 6.45) is 2.90. The maximum Gasteiger partial charge on any atom is 0.335 e. The van der Waals surface area contributed by atoms with Crippen LogP contribution in [0.1, 0.15) is 25.3 Å². The fourth-order valence-electron chi connectivity index (χ4n) is 2.00. The van der Waals surface area contributed by atoms with Crippen LogP contribution in [0, 0.1) is 0 Å². The van der Waals surface area contributed by atoms with Crippen molar-refractivity contribution in [1.82, 2.24) is 4.90 Å². The Balaban J connectivity index is 1.81. The van der Waals surface area contributed by atoms with Gasteiger partial charge in [-0.3, -0.25) is 4.79 Å². The minimum absolute atomic E-state index is 0.155. The zero-order chi connectivity index (χ0) is 15.9. The zero-order valence-corrected chi connectivity index (χ0v) is 13.5. The molecule has 0 spiro atoms. The van der Waals surface area contributed by atoms with E-state index in [1.165, 1.54) is 0 Å². The molecule has 0 radical (unpaired) electrons. The average Bonchev–Trinajstić information content (AvgIpc) is 3.23. The van der Waals surface area contributed by atoms with Crippen molar-refractivity contribution in [2.24, 2.45) is 0 Å². The smallest absolute Gasteiger partial charge is 0.335 e. The summed E-state index contributed by atoms with van der Waals surface area (Å²) in [4.78, 5) is 25.8. The van der Waals surface area contributed by atoms with E-state index in [1.807, 2.05) is 16.8 Å². The topological polar surface area (TPSA) is 55.8 Å². The Morgan fingerprint density at radius 1 is 1.55 bits per heavy atom. The standard InChI is InChI=1S/C16H21NO4S/c1-3-7-20-12(2)16(19)21-10-15(18)17(14-4-5-14)9-13-6-8-22-11-13/h3,6,8,11-12,14H,1,4-5,7,9-10H2,2H3. The maximum atomic E-state index is 12.3. The average molecular weight is 323 g/mol. The first-order valence-corrected chi connectivity index (χ1v) is 8.25. The van der Waals surface area contributed by atoms with E-state index in [-0.39, 0.29) is 25.2 Å². The SMILES string of the molecule is C=CCOC(C)C(=O)OCC(=O)N(Cc1ccsc1)C1CC1. The van der Waals surface area contributed by atoms with Crippen molar-refractivity contribution in [2.45, 2.75) is 38.5 Å². The van der Waals surface area contributed by atoms with E-state index < -0.39 is 12.1 Å². The highest BCUT2D eigenvalue weighted by molar-refractivity contribution is 7.07. The molecule has 0 aromatic carbocycles. The molecule has 1 atom stereocenters. The summed E-state index contributed by atoms with van der Waals surface area (Å²) >= 11 is 1.61. The van der Waals surface area contributed by atoms with Crippen LogP contribution in [0.3, 0.4) is 0 Å². The summed E-state index contributed by atoms with van der Waals surface area (Å²) in [5, 5.41) is 4.02. The molecule has 0 bridgehead atoms. The van der Waals surface area contributed by atoms with Gasteiger partial charge in [0.05, 0.1) is 6.61 Å². The monoisotopic (exact) mass is 323 g/mol. The number of carbonyl (C=O) groups is 2. The van der Waals surface area contributed by atoms with Gasteiger partial charge in [0.25, 0.3) is 5.91 Å². The number of rotatable bonds is 9. The Morgan fingerprint density at radius 2 is 2.32 bits per heavy atom. The Morgan fingerprint density at radius 3 is 2.91 bits per heavy atom. The molecular formula is C16H21NO4S. The van der Waals surface area contributed by atoms with Crippen molar-refractivity contribution in [3.05, 3.63) is 35.0 Å². The third-order valence-electron chi connectivity index (χ3n) is 3.37. The van der Waals surface area contributed by atoms with Gasteiger partial charge >= 0.3 is 5.97 Å². The predicted molar refractivity (Wildman–Crippen MR) is 84.5 cm³/mol. The number of hydrogen-bond donors (Lipinski definition) is 0. The molecule has 0 saturated heterocycles. The van der Waals surface area contributed by atoms with Crippen LogP contribution in [0.25, 0.3) is 0 Å². The van der Waals surface area contributed by atoms with Crippen LogP contribution in [0.5, 0.6) is 0 Å². The molecule has 1 amide bonds. The van der Waals surface area contributed by atoms with E-state index >= 15 is 0 Å². The van der Waals surface area contributed by atoms with E-state index in [0.29, 0.717) is 6.54 Å². The predicted octanol–water partition coefficient (Wildman–Crippen LogP) is 2.37. The van der Waals surface area contributed by atoms with E-state index in [1.54, 1.807) is 29.2 Å². The number of thiophene rings is 1. The van der Waals surface area contributed by atoms with Gasteiger partial charge in [0.1, 0.15) is 0 Å². The van der Waals surface area contributed by atoms with Crippen LogP contribution in [-0.2, 0) is 25.6 Å². The third-order valence-corrected chi connectivity index (χ3v) is 4.11. The molecule has 2 rings (SSSR count). The third kappa shape index (κ3) is 4.96. The van der Waals surface area contributed by atoms with Gasteiger partial charge < -0.3 is 14.4 Å². The quantitative estimate of drug-likeness (QED) is 0.517. The molecule has 5 nitrogen and oxygen atoms in total. The molecule has 22 heavy (non-hydrogen) atoms. The first-order valence-electron chi connectivity index (χ1n) is 7.31. The van der Waals surface area contributed by atoms with E-state index in [0.717, 1.165) is 18.4 Å². The molecule has 0 N–H and O–H groups in total. The van der Waals surface area contributed by atoms with Gasteiger partial charge in [0.2, 0.25) is 0 Å². The fraction of sp³-hybridized carbons (Fsp3) is 0.500. The molecule has 1 aliphatic carbocycles. The molecule has 1 fully saturated rings. The van der Waals surface area contributed by atoms with Crippen molar-refractivity contribution in [2.75, 3.05) is 13.2 Å². The highest BCUT2D eigenvalue weighted by atomic mass is 32.1. The Bertz CT molecular complexity index is 510. The second-order valence-electron chi connectivity index (χ2n) is 5.26. The first kappa shape index (κ1) is 16.7. The van der Waals surface area contributed by atoms with Crippen molar-refractivity contribution in [1.29, 1.82) is 0 Å². The molecule has 120 valence electrons. The zero-order valence-electron chi connectivity index (χ0n) is 12.7. The van der Waals surface area contributed by atoms with Crippen molar-refractivity contribution >= 4 is 23.2 Å². The molecule has 1 heterocycles. The molecule has 1 unspecified atom stereocenters. The van der Waals surface area contributed by atoms with E-state index in [2.05, 4.69) is 6.58 Å². The summed E-state index contributed by atoms with van der Waals surface area (Å²) in [5.41, 5.74) is 1.11. The van der Waals surface area contributed by atoms with Crippen molar-refractivity contribution < 1.29 is 19.1 Å². The molecule has 1 aromatic rings. The van der Waals surface area contributed by atoms with Gasteiger partial charge in [-0.1, -0.05) is 6.08 Å². The molecule has 6 heteroatoms. The normalized spacial score (nSPS) is 15.1. The largest absolute Gasteiger partial charge is 0.454 e. The molecule has 0 aliphatic heterocycles.